The van der Waals surface area contributed by atoms with Gasteiger partial charge in [-0.3, -0.25) is 4.98 Å². The van der Waals surface area contributed by atoms with Gasteiger partial charge in [0.15, 0.2) is 5.75 Å². The number of hydrogen-bond acceptors (Lipinski definition) is 2. The van der Waals surface area contributed by atoms with Gasteiger partial charge in [0.25, 0.3) is 0 Å². The van der Waals surface area contributed by atoms with E-state index in [0.717, 1.165) is 0 Å². The number of hydrogen-bond donors (Lipinski definition) is 0. The molecule has 1 aromatic heterocycles. The van der Waals surface area contributed by atoms with Crippen LogP contribution in [0.2, 0.25) is 0 Å². The standard InChI is InChI=1S/C12H5BrF5NO/c13-5-1-2-6(19-3-5)4-20-12-10(17)8(15)7(14)9(16)11(12)18/h1-3H,4H2. The summed E-state index contributed by atoms with van der Waals surface area (Å²) < 4.78 is 70.5. The Morgan fingerprint density at radius 3 is 1.95 bits per heavy atom. The van der Waals surface area contributed by atoms with E-state index in [2.05, 4.69) is 25.7 Å². The van der Waals surface area contributed by atoms with E-state index >= 15 is 0 Å². The molecule has 0 amide bonds. The lowest BCUT2D eigenvalue weighted by atomic mass is 10.2. The zero-order valence-electron chi connectivity index (χ0n) is 9.56. The minimum Gasteiger partial charge on any atom is -0.481 e. The van der Waals surface area contributed by atoms with Gasteiger partial charge in [0.1, 0.15) is 6.61 Å². The number of ether oxygens (including phenoxy) is 1. The summed E-state index contributed by atoms with van der Waals surface area (Å²) in [6.45, 7) is -0.439. The first-order valence-corrected chi connectivity index (χ1v) is 5.95. The molecule has 1 aromatic carbocycles. The molecule has 8 heteroatoms. The molecule has 0 N–H and O–H groups in total. The molecular formula is C12H5BrF5NO. The van der Waals surface area contributed by atoms with Crippen molar-refractivity contribution in [2.24, 2.45) is 0 Å². The van der Waals surface area contributed by atoms with Gasteiger partial charge in [-0.15, -0.1) is 0 Å². The zero-order chi connectivity index (χ0) is 14.9. The van der Waals surface area contributed by atoms with Gasteiger partial charge < -0.3 is 4.74 Å². The fourth-order valence-corrected chi connectivity index (χ4v) is 1.58. The van der Waals surface area contributed by atoms with Crippen LogP contribution in [0.15, 0.2) is 22.8 Å². The fraction of sp³-hybridized carbons (Fsp3) is 0.0833. The summed E-state index contributed by atoms with van der Waals surface area (Å²) in [5, 5.41) is 0. The topological polar surface area (TPSA) is 22.1 Å². The van der Waals surface area contributed by atoms with Crippen molar-refractivity contribution < 1.29 is 26.7 Å². The van der Waals surface area contributed by atoms with Gasteiger partial charge in [0.2, 0.25) is 29.1 Å². The molecule has 2 rings (SSSR count). The minimum absolute atomic E-state index is 0.261. The largest absolute Gasteiger partial charge is 0.481 e. The number of pyridine rings is 1. The maximum Gasteiger partial charge on any atom is 0.207 e. The van der Waals surface area contributed by atoms with E-state index in [9.17, 15) is 22.0 Å². The summed E-state index contributed by atoms with van der Waals surface area (Å²) in [4.78, 5) is 3.84. The van der Waals surface area contributed by atoms with Crippen LogP contribution in [0.3, 0.4) is 0 Å². The Labute approximate surface area is 118 Å². The van der Waals surface area contributed by atoms with Crippen molar-refractivity contribution in [1.29, 1.82) is 0 Å². The van der Waals surface area contributed by atoms with Crippen LogP contribution >= 0.6 is 15.9 Å². The predicted molar refractivity (Wildman–Crippen MR) is 62.5 cm³/mol. The molecule has 2 nitrogen and oxygen atoms in total. The maximum absolute atomic E-state index is 13.3. The predicted octanol–water partition coefficient (Wildman–Crippen LogP) is 4.12. The van der Waals surface area contributed by atoms with Crippen LogP contribution in [0.1, 0.15) is 5.69 Å². The van der Waals surface area contributed by atoms with Gasteiger partial charge in [-0.1, -0.05) is 0 Å². The molecule has 0 bridgehead atoms. The SMILES string of the molecule is Fc1c(F)c(F)c(OCc2ccc(Br)cn2)c(F)c1F. The molecule has 1 heterocycles. The van der Waals surface area contributed by atoms with Crippen molar-refractivity contribution in [2.45, 2.75) is 6.61 Å². The normalized spacial score (nSPS) is 10.7. The van der Waals surface area contributed by atoms with Gasteiger partial charge in [0.05, 0.1) is 5.69 Å². The first kappa shape index (κ1) is 14.7. The fourth-order valence-electron chi connectivity index (χ4n) is 1.35. The highest BCUT2D eigenvalue weighted by atomic mass is 79.9. The van der Waals surface area contributed by atoms with E-state index in [1.807, 2.05) is 0 Å². The summed E-state index contributed by atoms with van der Waals surface area (Å²) in [5.41, 5.74) is 0.261. The van der Waals surface area contributed by atoms with Crippen LogP contribution < -0.4 is 4.74 Å². The van der Waals surface area contributed by atoms with Crippen LogP contribution in [0.5, 0.6) is 5.75 Å². The Morgan fingerprint density at radius 1 is 0.900 bits per heavy atom. The Hall–Kier alpha value is -1.70. The number of halogens is 6. The highest BCUT2D eigenvalue weighted by molar-refractivity contribution is 9.10. The summed E-state index contributed by atoms with van der Waals surface area (Å²) in [6, 6.07) is 3.06. The van der Waals surface area contributed by atoms with E-state index in [1.54, 1.807) is 6.07 Å². The molecule has 0 fully saturated rings. The number of nitrogens with zero attached hydrogens (tertiary/aromatic N) is 1. The van der Waals surface area contributed by atoms with Crippen LogP contribution in [-0.2, 0) is 6.61 Å². The number of benzene rings is 1. The lowest BCUT2D eigenvalue weighted by Gasteiger charge is -2.09. The number of aromatic nitrogens is 1. The average molecular weight is 354 g/mol. The van der Waals surface area contributed by atoms with Crippen molar-refractivity contribution in [2.75, 3.05) is 0 Å². The van der Waals surface area contributed by atoms with Gasteiger partial charge in [-0.05, 0) is 28.1 Å². The quantitative estimate of drug-likeness (QED) is 0.470. The molecule has 0 spiro atoms. The molecule has 0 saturated heterocycles. The third kappa shape index (κ3) is 2.74. The van der Waals surface area contributed by atoms with Crippen molar-refractivity contribution in [3.63, 3.8) is 0 Å². The van der Waals surface area contributed by atoms with Crippen LogP contribution in [0.4, 0.5) is 22.0 Å². The molecule has 0 saturated carbocycles. The van der Waals surface area contributed by atoms with Crippen LogP contribution in [0.25, 0.3) is 0 Å². The second-order valence-corrected chi connectivity index (χ2v) is 4.57. The molecule has 0 radical (unpaired) electrons. The van der Waals surface area contributed by atoms with Crippen molar-refractivity contribution in [3.05, 3.63) is 57.6 Å². The molecular weight excluding hydrogens is 349 g/mol. The molecule has 20 heavy (non-hydrogen) atoms. The highest BCUT2D eigenvalue weighted by Gasteiger charge is 2.27. The van der Waals surface area contributed by atoms with Gasteiger partial charge in [0, 0.05) is 10.7 Å². The Balaban J connectivity index is 2.28. The number of rotatable bonds is 3. The average Bonchev–Trinajstić information content (AvgIpc) is 2.45. The van der Waals surface area contributed by atoms with E-state index < -0.39 is 41.4 Å². The van der Waals surface area contributed by atoms with E-state index in [-0.39, 0.29) is 5.69 Å². The third-order valence-electron chi connectivity index (χ3n) is 2.32. The molecule has 0 aliphatic rings. The molecule has 106 valence electrons. The smallest absolute Gasteiger partial charge is 0.207 e. The maximum atomic E-state index is 13.3. The van der Waals surface area contributed by atoms with Crippen molar-refractivity contribution >= 4 is 15.9 Å². The van der Waals surface area contributed by atoms with Crippen molar-refractivity contribution in [3.8, 4) is 5.75 Å². The zero-order valence-corrected chi connectivity index (χ0v) is 11.1. The summed E-state index contributed by atoms with van der Waals surface area (Å²) >= 11 is 3.13. The Kier molecular flexibility index (Phi) is 4.22. The molecule has 0 unspecified atom stereocenters. The van der Waals surface area contributed by atoms with Gasteiger partial charge in [-0.2, -0.15) is 8.78 Å². The highest BCUT2D eigenvalue weighted by Crippen LogP contribution is 2.29. The lowest BCUT2D eigenvalue weighted by Crippen LogP contribution is -2.07. The van der Waals surface area contributed by atoms with Gasteiger partial charge in [-0.25, -0.2) is 13.2 Å². The van der Waals surface area contributed by atoms with E-state index in [1.165, 1.54) is 12.3 Å². The van der Waals surface area contributed by atoms with Crippen molar-refractivity contribution in [1.82, 2.24) is 4.98 Å². The second-order valence-electron chi connectivity index (χ2n) is 3.66. The van der Waals surface area contributed by atoms with E-state index in [0.29, 0.717) is 4.47 Å². The Bertz CT molecular complexity index is 618. The first-order valence-electron chi connectivity index (χ1n) is 5.16. The van der Waals surface area contributed by atoms with Crippen LogP contribution in [-0.4, -0.2) is 4.98 Å². The first-order chi connectivity index (χ1) is 9.41. The monoisotopic (exact) mass is 353 g/mol. The summed E-state index contributed by atoms with van der Waals surface area (Å²) in [5.74, 6) is -11.7. The third-order valence-corrected chi connectivity index (χ3v) is 2.79. The van der Waals surface area contributed by atoms with Gasteiger partial charge >= 0.3 is 0 Å². The summed E-state index contributed by atoms with van der Waals surface area (Å²) in [7, 11) is 0. The van der Waals surface area contributed by atoms with E-state index in [4.69, 9.17) is 0 Å². The Morgan fingerprint density at radius 2 is 1.45 bits per heavy atom. The summed E-state index contributed by atoms with van der Waals surface area (Å²) in [6.07, 6.45) is 1.40. The molecule has 0 aliphatic heterocycles. The van der Waals surface area contributed by atoms with Crippen LogP contribution in [0, 0.1) is 29.1 Å². The molecule has 2 aromatic rings. The lowest BCUT2D eigenvalue weighted by molar-refractivity contribution is 0.250. The second kappa shape index (κ2) is 5.74. The molecule has 0 atom stereocenters. The molecule has 0 aliphatic carbocycles. The minimum atomic E-state index is -2.23.